The van der Waals surface area contributed by atoms with Gasteiger partial charge in [-0.3, -0.25) is 4.79 Å². The minimum absolute atomic E-state index is 0. The summed E-state index contributed by atoms with van der Waals surface area (Å²) in [5.41, 5.74) is 7.28. The van der Waals surface area contributed by atoms with E-state index in [0.717, 1.165) is 25.1 Å². The second-order valence-corrected chi connectivity index (χ2v) is 5.06. The molecule has 0 saturated carbocycles. The summed E-state index contributed by atoms with van der Waals surface area (Å²) < 4.78 is 0. The van der Waals surface area contributed by atoms with Gasteiger partial charge in [0.25, 0.3) is 5.91 Å². The molecule has 0 radical (unpaired) electrons. The molecule has 0 aromatic heterocycles. The van der Waals surface area contributed by atoms with Crippen LogP contribution < -0.4 is 11.1 Å². The van der Waals surface area contributed by atoms with E-state index in [9.17, 15) is 4.79 Å². The van der Waals surface area contributed by atoms with Gasteiger partial charge in [0.15, 0.2) is 0 Å². The summed E-state index contributed by atoms with van der Waals surface area (Å²) in [6.07, 6.45) is 3.66. The molecule has 1 heterocycles. The molecule has 0 spiro atoms. The number of nitrogens with zero attached hydrogens (tertiary/aromatic N) is 1. The number of amides is 1. The minimum atomic E-state index is 0. The first-order chi connectivity index (χ1) is 9.29. The molecular weight excluding hydrogens is 309 g/mol. The fourth-order valence-electron chi connectivity index (χ4n) is 2.41. The Labute approximate surface area is 139 Å². The zero-order valence-electron chi connectivity index (χ0n) is 12.2. The summed E-state index contributed by atoms with van der Waals surface area (Å²) in [5.74, 6) is 0.00462. The van der Waals surface area contributed by atoms with E-state index < -0.39 is 0 Å². The Hall–Kier alpha value is -0.810. The lowest BCUT2D eigenvalue weighted by Gasteiger charge is -2.14. The van der Waals surface area contributed by atoms with Gasteiger partial charge in [-0.1, -0.05) is 12.1 Å². The zero-order valence-corrected chi connectivity index (χ0v) is 13.8. The van der Waals surface area contributed by atoms with Gasteiger partial charge in [-0.2, -0.15) is 0 Å². The van der Waals surface area contributed by atoms with Crippen molar-refractivity contribution in [2.45, 2.75) is 25.8 Å². The average molecular weight is 334 g/mol. The normalized spacial score (nSPS) is 14.1. The first kappa shape index (κ1) is 20.2. The maximum absolute atomic E-state index is 11.9. The summed E-state index contributed by atoms with van der Waals surface area (Å²) in [6.45, 7) is 4.78. The molecule has 0 atom stereocenters. The van der Waals surface area contributed by atoms with E-state index in [-0.39, 0.29) is 30.7 Å². The van der Waals surface area contributed by atoms with Crippen LogP contribution in [0.4, 0.5) is 0 Å². The molecule has 1 aliphatic heterocycles. The van der Waals surface area contributed by atoms with Crippen LogP contribution in [0.25, 0.3) is 0 Å². The smallest absolute Gasteiger partial charge is 0.251 e. The predicted molar refractivity (Wildman–Crippen MR) is 91.5 cm³/mol. The Bertz CT molecular complexity index is 406. The maximum atomic E-state index is 11.9. The Morgan fingerprint density at radius 1 is 1.14 bits per heavy atom. The van der Waals surface area contributed by atoms with Crippen molar-refractivity contribution in [3.05, 3.63) is 35.4 Å². The van der Waals surface area contributed by atoms with Crippen LogP contribution in [0.1, 0.15) is 35.2 Å². The first-order valence-electron chi connectivity index (χ1n) is 7.09. The number of hydrogen-bond donors (Lipinski definition) is 2. The van der Waals surface area contributed by atoms with Gasteiger partial charge >= 0.3 is 0 Å². The predicted octanol–water partition coefficient (Wildman–Crippen LogP) is 2.20. The van der Waals surface area contributed by atoms with Crippen LogP contribution in [0.3, 0.4) is 0 Å². The van der Waals surface area contributed by atoms with Gasteiger partial charge < -0.3 is 16.0 Å². The molecule has 3 N–H and O–H groups in total. The summed E-state index contributed by atoms with van der Waals surface area (Å²) in [5, 5.41) is 2.96. The van der Waals surface area contributed by atoms with Crippen molar-refractivity contribution in [2.75, 3.05) is 26.2 Å². The van der Waals surface area contributed by atoms with Crippen LogP contribution in [-0.4, -0.2) is 37.0 Å². The lowest BCUT2D eigenvalue weighted by atomic mass is 10.1. The van der Waals surface area contributed by atoms with E-state index in [1.165, 1.54) is 25.9 Å². The highest BCUT2D eigenvalue weighted by Gasteiger charge is 2.10. The Kier molecular flexibility index (Phi) is 10.4. The first-order valence-corrected chi connectivity index (χ1v) is 7.09. The number of likely N-dealkylation sites (tertiary alicyclic amines) is 1. The molecule has 1 amide bonds. The highest BCUT2D eigenvalue weighted by atomic mass is 35.5. The number of rotatable bonds is 6. The lowest BCUT2D eigenvalue weighted by Crippen LogP contribution is -2.28. The monoisotopic (exact) mass is 333 g/mol. The molecule has 120 valence electrons. The van der Waals surface area contributed by atoms with E-state index in [4.69, 9.17) is 5.73 Å². The van der Waals surface area contributed by atoms with Crippen LogP contribution in [0.15, 0.2) is 24.3 Å². The highest BCUT2D eigenvalue weighted by Crippen LogP contribution is 2.07. The van der Waals surface area contributed by atoms with Crippen molar-refractivity contribution in [3.63, 3.8) is 0 Å². The summed E-state index contributed by atoms with van der Waals surface area (Å²) in [6, 6.07) is 7.47. The third-order valence-electron chi connectivity index (χ3n) is 3.59. The van der Waals surface area contributed by atoms with E-state index in [0.29, 0.717) is 12.1 Å². The van der Waals surface area contributed by atoms with E-state index in [1.807, 2.05) is 24.3 Å². The largest absolute Gasteiger partial charge is 0.352 e. The summed E-state index contributed by atoms with van der Waals surface area (Å²) in [7, 11) is 0. The average Bonchev–Trinajstić information content (AvgIpc) is 2.96. The molecule has 6 heteroatoms. The van der Waals surface area contributed by atoms with Gasteiger partial charge in [0.2, 0.25) is 0 Å². The third-order valence-corrected chi connectivity index (χ3v) is 3.59. The van der Waals surface area contributed by atoms with Crippen molar-refractivity contribution in [2.24, 2.45) is 5.73 Å². The number of benzene rings is 1. The van der Waals surface area contributed by atoms with Crippen molar-refractivity contribution in [3.8, 4) is 0 Å². The Morgan fingerprint density at radius 2 is 1.76 bits per heavy atom. The molecule has 1 aromatic rings. The van der Waals surface area contributed by atoms with Crippen molar-refractivity contribution in [1.82, 2.24) is 10.2 Å². The van der Waals surface area contributed by atoms with Crippen molar-refractivity contribution < 1.29 is 4.79 Å². The van der Waals surface area contributed by atoms with E-state index in [1.54, 1.807) is 0 Å². The quantitative estimate of drug-likeness (QED) is 0.784. The molecule has 1 aliphatic rings. The maximum Gasteiger partial charge on any atom is 0.251 e. The van der Waals surface area contributed by atoms with Crippen LogP contribution in [0, 0.1) is 0 Å². The second kappa shape index (κ2) is 10.9. The number of hydrogen-bond acceptors (Lipinski definition) is 3. The van der Waals surface area contributed by atoms with Gasteiger partial charge in [0, 0.05) is 18.7 Å². The topological polar surface area (TPSA) is 58.4 Å². The van der Waals surface area contributed by atoms with Gasteiger partial charge in [0.05, 0.1) is 0 Å². The molecular formula is C15H25Cl2N3O. The van der Waals surface area contributed by atoms with Crippen LogP contribution in [-0.2, 0) is 6.54 Å². The van der Waals surface area contributed by atoms with Crippen LogP contribution in [0.2, 0.25) is 0 Å². The fourth-order valence-corrected chi connectivity index (χ4v) is 2.41. The third kappa shape index (κ3) is 6.66. The summed E-state index contributed by atoms with van der Waals surface area (Å²) >= 11 is 0. The number of nitrogens with two attached hydrogens (primary N) is 1. The molecule has 1 fully saturated rings. The Morgan fingerprint density at radius 3 is 2.33 bits per heavy atom. The molecule has 0 bridgehead atoms. The summed E-state index contributed by atoms with van der Waals surface area (Å²) in [4.78, 5) is 14.3. The van der Waals surface area contributed by atoms with Gasteiger partial charge in [-0.15, -0.1) is 24.8 Å². The van der Waals surface area contributed by atoms with Gasteiger partial charge in [-0.25, -0.2) is 0 Å². The number of carbonyl (C=O) groups is 1. The number of carbonyl (C=O) groups excluding carboxylic acids is 1. The highest BCUT2D eigenvalue weighted by molar-refractivity contribution is 5.94. The molecule has 0 aliphatic carbocycles. The minimum Gasteiger partial charge on any atom is -0.352 e. The molecule has 21 heavy (non-hydrogen) atoms. The molecule has 2 rings (SSSR count). The second-order valence-electron chi connectivity index (χ2n) is 5.06. The number of halogens is 2. The van der Waals surface area contributed by atoms with E-state index in [2.05, 4.69) is 10.2 Å². The molecule has 0 unspecified atom stereocenters. The standard InChI is InChI=1S/C15H23N3O.2ClH/c16-12-13-4-6-14(7-5-13)15(19)17-8-3-11-18-9-1-2-10-18;;/h4-7H,1-3,8-12,16H2,(H,17,19);2*1H. The van der Waals surface area contributed by atoms with E-state index >= 15 is 0 Å². The molecule has 1 saturated heterocycles. The van der Waals surface area contributed by atoms with Crippen molar-refractivity contribution in [1.29, 1.82) is 0 Å². The SMILES string of the molecule is Cl.Cl.NCc1ccc(C(=O)NCCCN2CCCC2)cc1. The van der Waals surface area contributed by atoms with Crippen LogP contribution in [0.5, 0.6) is 0 Å². The van der Waals surface area contributed by atoms with Crippen molar-refractivity contribution >= 4 is 30.7 Å². The van der Waals surface area contributed by atoms with Gasteiger partial charge in [-0.05, 0) is 56.6 Å². The Balaban J connectivity index is 0.00000200. The van der Waals surface area contributed by atoms with Crippen LogP contribution >= 0.6 is 24.8 Å². The molecule has 4 nitrogen and oxygen atoms in total. The number of nitrogens with one attached hydrogen (secondary N) is 1. The zero-order chi connectivity index (χ0) is 13.5. The van der Waals surface area contributed by atoms with Gasteiger partial charge in [0.1, 0.15) is 0 Å². The lowest BCUT2D eigenvalue weighted by molar-refractivity contribution is 0.0952. The fraction of sp³-hybridized carbons (Fsp3) is 0.533. The molecule has 1 aromatic carbocycles.